The van der Waals surface area contributed by atoms with Crippen molar-refractivity contribution in [2.75, 3.05) is 11.9 Å². The van der Waals surface area contributed by atoms with E-state index in [0.29, 0.717) is 13.2 Å². The van der Waals surface area contributed by atoms with Gasteiger partial charge >= 0.3 is 0 Å². The molecule has 0 fully saturated rings. The van der Waals surface area contributed by atoms with Crippen molar-refractivity contribution in [2.24, 2.45) is 0 Å². The lowest BCUT2D eigenvalue weighted by atomic mass is 10.2. The number of anilines is 1. The summed E-state index contributed by atoms with van der Waals surface area (Å²) in [5.41, 5.74) is 3.13. The maximum Gasteiger partial charge on any atom is 0.138 e. The van der Waals surface area contributed by atoms with E-state index in [4.69, 9.17) is 16.3 Å². The van der Waals surface area contributed by atoms with Crippen molar-refractivity contribution in [2.45, 2.75) is 20.4 Å². The van der Waals surface area contributed by atoms with Gasteiger partial charge in [0, 0.05) is 16.6 Å². The second-order valence-corrected chi connectivity index (χ2v) is 6.82. The molecule has 112 valence electrons. The molecule has 0 aliphatic rings. The number of ether oxygens (including phenoxy) is 1. The van der Waals surface area contributed by atoms with Crippen LogP contribution in [-0.4, -0.2) is 6.61 Å². The van der Waals surface area contributed by atoms with Crippen LogP contribution in [0.5, 0.6) is 5.75 Å². The lowest BCUT2D eigenvalue weighted by Crippen LogP contribution is -2.04. The Labute approximate surface area is 147 Å². The number of hydrogen-bond donors (Lipinski definition) is 1. The monoisotopic (exact) mass is 431 g/mol. The molecular formula is C16H16Br2ClNO. The van der Waals surface area contributed by atoms with E-state index in [1.807, 2.05) is 44.2 Å². The van der Waals surface area contributed by atoms with Crippen LogP contribution in [0.3, 0.4) is 0 Å². The normalized spacial score (nSPS) is 10.5. The molecule has 2 rings (SSSR count). The van der Waals surface area contributed by atoms with Crippen molar-refractivity contribution < 1.29 is 4.74 Å². The quantitative estimate of drug-likeness (QED) is 0.608. The molecule has 0 bridgehead atoms. The van der Waals surface area contributed by atoms with Gasteiger partial charge in [-0.1, -0.05) is 33.6 Å². The van der Waals surface area contributed by atoms with E-state index in [1.54, 1.807) is 0 Å². The van der Waals surface area contributed by atoms with Crippen LogP contribution in [0.2, 0.25) is 5.02 Å². The van der Waals surface area contributed by atoms with E-state index in [-0.39, 0.29) is 0 Å². The van der Waals surface area contributed by atoms with Gasteiger partial charge < -0.3 is 10.1 Å². The van der Waals surface area contributed by atoms with Crippen LogP contribution in [0.15, 0.2) is 39.3 Å². The van der Waals surface area contributed by atoms with Crippen LogP contribution in [0.4, 0.5) is 5.69 Å². The van der Waals surface area contributed by atoms with E-state index < -0.39 is 0 Å². The van der Waals surface area contributed by atoms with Gasteiger partial charge in [-0.15, -0.1) is 0 Å². The molecule has 1 N–H and O–H groups in total. The molecule has 0 aliphatic heterocycles. The molecule has 0 amide bonds. The number of rotatable bonds is 5. The van der Waals surface area contributed by atoms with Crippen LogP contribution in [0.1, 0.15) is 18.1 Å². The Balaban J connectivity index is 2.22. The third kappa shape index (κ3) is 4.38. The Morgan fingerprint density at radius 2 is 1.95 bits per heavy atom. The highest BCUT2D eigenvalue weighted by atomic mass is 79.9. The SMILES string of the molecule is CCOc1c(Br)cc(Br)cc1CNc1ccc(C)cc1Cl. The molecule has 5 heteroatoms. The van der Waals surface area contributed by atoms with Gasteiger partial charge in [-0.25, -0.2) is 0 Å². The first-order valence-corrected chi connectivity index (χ1v) is 8.58. The molecule has 0 spiro atoms. The highest BCUT2D eigenvalue weighted by molar-refractivity contribution is 9.11. The first-order valence-electron chi connectivity index (χ1n) is 6.62. The number of aryl methyl sites for hydroxylation is 1. The Morgan fingerprint density at radius 1 is 1.19 bits per heavy atom. The Morgan fingerprint density at radius 3 is 2.62 bits per heavy atom. The average Bonchev–Trinajstić information content (AvgIpc) is 2.41. The smallest absolute Gasteiger partial charge is 0.138 e. The van der Waals surface area contributed by atoms with Crippen LogP contribution < -0.4 is 10.1 Å². The van der Waals surface area contributed by atoms with Gasteiger partial charge in [0.1, 0.15) is 5.75 Å². The Hall–Kier alpha value is -0.710. The number of nitrogens with one attached hydrogen (secondary N) is 1. The van der Waals surface area contributed by atoms with Crippen molar-refractivity contribution in [3.63, 3.8) is 0 Å². The average molecular weight is 434 g/mol. The van der Waals surface area contributed by atoms with Gasteiger partial charge in [0.25, 0.3) is 0 Å². The fourth-order valence-corrected chi connectivity index (χ4v) is 3.73. The van der Waals surface area contributed by atoms with Crippen LogP contribution in [-0.2, 0) is 6.54 Å². The molecule has 0 aromatic heterocycles. The van der Waals surface area contributed by atoms with Crippen LogP contribution >= 0.6 is 43.5 Å². The van der Waals surface area contributed by atoms with Crippen molar-refractivity contribution in [3.05, 3.63) is 55.4 Å². The lowest BCUT2D eigenvalue weighted by molar-refractivity contribution is 0.334. The number of hydrogen-bond acceptors (Lipinski definition) is 2. The zero-order chi connectivity index (χ0) is 15.4. The Bertz CT molecular complexity index is 646. The van der Waals surface area contributed by atoms with Gasteiger partial charge in [-0.05, 0) is 59.6 Å². The van der Waals surface area contributed by atoms with Crippen molar-refractivity contribution >= 4 is 49.1 Å². The summed E-state index contributed by atoms with van der Waals surface area (Å²) < 4.78 is 7.66. The van der Waals surface area contributed by atoms with Gasteiger partial charge in [0.05, 0.1) is 21.8 Å². The lowest BCUT2D eigenvalue weighted by Gasteiger charge is -2.15. The molecular weight excluding hydrogens is 417 g/mol. The molecule has 0 atom stereocenters. The summed E-state index contributed by atoms with van der Waals surface area (Å²) in [7, 11) is 0. The summed E-state index contributed by atoms with van der Waals surface area (Å²) in [5.74, 6) is 0.858. The molecule has 2 aromatic carbocycles. The molecule has 21 heavy (non-hydrogen) atoms. The summed E-state index contributed by atoms with van der Waals surface area (Å²) in [5, 5.41) is 4.08. The summed E-state index contributed by atoms with van der Waals surface area (Å²) in [6.07, 6.45) is 0. The zero-order valence-corrected chi connectivity index (χ0v) is 15.8. The predicted molar refractivity (Wildman–Crippen MR) is 96.5 cm³/mol. The summed E-state index contributed by atoms with van der Waals surface area (Å²) >= 11 is 13.3. The number of halogens is 3. The maximum atomic E-state index is 6.25. The standard InChI is InChI=1S/C16H16Br2ClNO/c1-3-21-16-11(7-12(17)8-13(16)18)9-20-15-5-4-10(2)6-14(15)19/h4-8,20H,3,9H2,1-2H3. The number of benzene rings is 2. The fourth-order valence-electron chi connectivity index (χ4n) is 2.00. The molecule has 0 unspecified atom stereocenters. The predicted octanol–water partition coefficient (Wildman–Crippen LogP) is 6.18. The highest BCUT2D eigenvalue weighted by Gasteiger charge is 2.10. The van der Waals surface area contributed by atoms with E-state index in [2.05, 4.69) is 37.2 Å². The second-order valence-electron chi connectivity index (χ2n) is 4.65. The van der Waals surface area contributed by atoms with Gasteiger partial charge in [0.15, 0.2) is 0 Å². The molecule has 0 aliphatic carbocycles. The minimum atomic E-state index is 0.624. The topological polar surface area (TPSA) is 21.3 Å². The molecule has 0 radical (unpaired) electrons. The fraction of sp³-hybridized carbons (Fsp3) is 0.250. The van der Waals surface area contributed by atoms with E-state index in [1.165, 1.54) is 0 Å². The van der Waals surface area contributed by atoms with E-state index >= 15 is 0 Å². The summed E-state index contributed by atoms with van der Waals surface area (Å²) in [4.78, 5) is 0. The van der Waals surface area contributed by atoms with Gasteiger partial charge in [-0.2, -0.15) is 0 Å². The third-order valence-electron chi connectivity index (χ3n) is 2.97. The molecule has 2 nitrogen and oxygen atoms in total. The molecule has 2 aromatic rings. The first kappa shape index (κ1) is 16.7. The van der Waals surface area contributed by atoms with E-state index in [9.17, 15) is 0 Å². The van der Waals surface area contributed by atoms with Crippen molar-refractivity contribution in [1.29, 1.82) is 0 Å². The van der Waals surface area contributed by atoms with Crippen LogP contribution in [0.25, 0.3) is 0 Å². The van der Waals surface area contributed by atoms with Crippen molar-refractivity contribution in [3.8, 4) is 5.75 Å². The largest absolute Gasteiger partial charge is 0.492 e. The summed E-state index contributed by atoms with van der Waals surface area (Å²) in [6.45, 7) is 5.26. The third-order valence-corrected chi connectivity index (χ3v) is 4.33. The Kier molecular flexibility index (Phi) is 5.97. The zero-order valence-electron chi connectivity index (χ0n) is 11.8. The van der Waals surface area contributed by atoms with Crippen LogP contribution in [0, 0.1) is 6.92 Å². The maximum absolute atomic E-state index is 6.25. The molecule has 0 saturated carbocycles. The van der Waals surface area contributed by atoms with Gasteiger partial charge in [0.2, 0.25) is 0 Å². The highest BCUT2D eigenvalue weighted by Crippen LogP contribution is 2.34. The van der Waals surface area contributed by atoms with E-state index in [0.717, 1.165) is 36.5 Å². The summed E-state index contributed by atoms with van der Waals surface area (Å²) in [6, 6.07) is 10.0. The minimum Gasteiger partial charge on any atom is -0.492 e. The minimum absolute atomic E-state index is 0.624. The van der Waals surface area contributed by atoms with Gasteiger partial charge in [-0.3, -0.25) is 0 Å². The first-order chi connectivity index (χ1) is 10.0. The van der Waals surface area contributed by atoms with Crippen molar-refractivity contribution in [1.82, 2.24) is 0 Å². The molecule has 0 saturated heterocycles. The molecule has 0 heterocycles. The second kappa shape index (κ2) is 7.52.